The van der Waals surface area contributed by atoms with E-state index in [0.717, 1.165) is 5.56 Å². The van der Waals surface area contributed by atoms with E-state index in [2.05, 4.69) is 0 Å². The summed E-state index contributed by atoms with van der Waals surface area (Å²) in [4.78, 5) is 10.3. The normalized spacial score (nSPS) is 10.1. The first-order valence-corrected chi connectivity index (χ1v) is 5.01. The average molecular weight is 233 g/mol. The van der Waals surface area contributed by atoms with Crippen LogP contribution in [-0.4, -0.2) is 11.1 Å². The summed E-state index contributed by atoms with van der Waals surface area (Å²) in [6.45, 7) is 0. The van der Waals surface area contributed by atoms with Crippen molar-refractivity contribution in [3.8, 4) is 0 Å². The summed E-state index contributed by atoms with van der Waals surface area (Å²) < 4.78 is 0. The molecule has 0 radical (unpaired) electrons. The summed E-state index contributed by atoms with van der Waals surface area (Å²) >= 11 is 11.7. The molecule has 1 N–H and O–H groups in total. The summed E-state index contributed by atoms with van der Waals surface area (Å²) in [6, 6.07) is 5.20. The summed E-state index contributed by atoms with van der Waals surface area (Å²) in [7, 11) is 0. The molecule has 0 atom stereocenters. The van der Waals surface area contributed by atoms with Crippen LogP contribution in [-0.2, 0) is 11.2 Å². The molecule has 0 saturated carbocycles. The zero-order valence-corrected chi connectivity index (χ0v) is 8.98. The minimum atomic E-state index is -0.789. The second kappa shape index (κ2) is 5.23. The monoisotopic (exact) mass is 232 g/mol. The first-order chi connectivity index (χ1) is 6.59. The minimum absolute atomic E-state index is 0.156. The van der Waals surface area contributed by atoms with Gasteiger partial charge in [-0.2, -0.15) is 0 Å². The lowest BCUT2D eigenvalue weighted by molar-refractivity contribution is -0.137. The van der Waals surface area contributed by atoms with Gasteiger partial charge < -0.3 is 5.11 Å². The van der Waals surface area contributed by atoms with Crippen LogP contribution >= 0.6 is 23.2 Å². The van der Waals surface area contributed by atoms with Crippen LogP contribution in [0.3, 0.4) is 0 Å². The topological polar surface area (TPSA) is 37.3 Å². The van der Waals surface area contributed by atoms with E-state index in [9.17, 15) is 4.79 Å². The predicted octanol–water partition coefficient (Wildman–Crippen LogP) is 3.40. The van der Waals surface area contributed by atoms with Crippen molar-refractivity contribution in [1.82, 2.24) is 0 Å². The van der Waals surface area contributed by atoms with Crippen LogP contribution in [0, 0.1) is 0 Å². The highest BCUT2D eigenvalue weighted by Gasteiger charge is 2.03. The zero-order valence-electron chi connectivity index (χ0n) is 7.46. The first kappa shape index (κ1) is 11.3. The fourth-order valence-corrected chi connectivity index (χ4v) is 1.57. The number of carboxylic acid groups (broad SMARTS) is 1. The van der Waals surface area contributed by atoms with E-state index in [4.69, 9.17) is 28.3 Å². The standard InChI is InChI=1S/C10H10Cl2O2/c11-8-4-5-9(12)7(6-8)2-1-3-10(13)14/h4-6H,1-3H2,(H,13,14). The molecule has 0 bridgehead atoms. The van der Waals surface area contributed by atoms with Crippen LogP contribution in [0.25, 0.3) is 0 Å². The molecule has 4 heteroatoms. The van der Waals surface area contributed by atoms with Gasteiger partial charge in [-0.25, -0.2) is 0 Å². The van der Waals surface area contributed by atoms with Gasteiger partial charge in [0.05, 0.1) is 0 Å². The molecule has 0 unspecified atom stereocenters. The maximum atomic E-state index is 10.3. The lowest BCUT2D eigenvalue weighted by Gasteiger charge is -2.03. The Bertz CT molecular complexity index is 337. The number of aliphatic carboxylic acids is 1. The summed E-state index contributed by atoms with van der Waals surface area (Å²) in [5.41, 5.74) is 0.903. The molecule has 0 amide bonds. The van der Waals surface area contributed by atoms with Gasteiger partial charge in [0, 0.05) is 16.5 Å². The molecule has 14 heavy (non-hydrogen) atoms. The maximum Gasteiger partial charge on any atom is 0.303 e. The Morgan fingerprint density at radius 3 is 2.71 bits per heavy atom. The van der Waals surface area contributed by atoms with Crippen LogP contribution in [0.1, 0.15) is 18.4 Å². The average Bonchev–Trinajstić information content (AvgIpc) is 2.10. The highest BCUT2D eigenvalue weighted by molar-refractivity contribution is 6.33. The van der Waals surface area contributed by atoms with Gasteiger partial charge >= 0.3 is 5.97 Å². The van der Waals surface area contributed by atoms with Gasteiger partial charge in [0.15, 0.2) is 0 Å². The molecule has 1 rings (SSSR count). The van der Waals surface area contributed by atoms with Crippen molar-refractivity contribution in [2.75, 3.05) is 0 Å². The number of carboxylic acids is 1. The number of hydrogen-bond acceptors (Lipinski definition) is 1. The van der Waals surface area contributed by atoms with E-state index in [0.29, 0.717) is 22.9 Å². The number of halogens is 2. The van der Waals surface area contributed by atoms with E-state index in [1.807, 2.05) is 0 Å². The van der Waals surface area contributed by atoms with E-state index in [1.165, 1.54) is 0 Å². The molecule has 0 aliphatic carbocycles. The third kappa shape index (κ3) is 3.56. The summed E-state index contributed by atoms with van der Waals surface area (Å²) in [6.07, 6.45) is 1.38. The number of benzene rings is 1. The zero-order chi connectivity index (χ0) is 10.6. The van der Waals surface area contributed by atoms with Gasteiger partial charge in [0.25, 0.3) is 0 Å². The van der Waals surface area contributed by atoms with E-state index in [-0.39, 0.29) is 6.42 Å². The Balaban J connectivity index is 2.57. The van der Waals surface area contributed by atoms with Gasteiger partial charge in [0.1, 0.15) is 0 Å². The Morgan fingerprint density at radius 1 is 1.36 bits per heavy atom. The summed E-state index contributed by atoms with van der Waals surface area (Å²) in [5, 5.41) is 9.72. The van der Waals surface area contributed by atoms with Crippen molar-refractivity contribution in [3.63, 3.8) is 0 Å². The van der Waals surface area contributed by atoms with Crippen LogP contribution < -0.4 is 0 Å². The highest BCUT2D eigenvalue weighted by Crippen LogP contribution is 2.22. The molecule has 1 aromatic carbocycles. The van der Waals surface area contributed by atoms with Crippen LogP contribution in [0.5, 0.6) is 0 Å². The van der Waals surface area contributed by atoms with Crippen molar-refractivity contribution in [1.29, 1.82) is 0 Å². The molecule has 1 aromatic rings. The number of carbonyl (C=O) groups is 1. The van der Waals surface area contributed by atoms with Gasteiger partial charge in [0.2, 0.25) is 0 Å². The molecule has 0 heterocycles. The SMILES string of the molecule is O=C(O)CCCc1cc(Cl)ccc1Cl. The fraction of sp³-hybridized carbons (Fsp3) is 0.300. The quantitative estimate of drug-likeness (QED) is 0.865. The van der Waals surface area contributed by atoms with Crippen molar-refractivity contribution in [2.45, 2.75) is 19.3 Å². The fourth-order valence-electron chi connectivity index (χ4n) is 1.16. The second-order valence-corrected chi connectivity index (χ2v) is 3.83. The van der Waals surface area contributed by atoms with Crippen LogP contribution in [0.15, 0.2) is 18.2 Å². The smallest absolute Gasteiger partial charge is 0.303 e. The predicted molar refractivity (Wildman–Crippen MR) is 57.0 cm³/mol. The third-order valence-electron chi connectivity index (χ3n) is 1.84. The van der Waals surface area contributed by atoms with E-state index in [1.54, 1.807) is 18.2 Å². The Morgan fingerprint density at radius 2 is 2.07 bits per heavy atom. The third-order valence-corrected chi connectivity index (χ3v) is 2.45. The molecule has 0 spiro atoms. The Labute approximate surface area is 92.5 Å². The first-order valence-electron chi connectivity index (χ1n) is 4.25. The number of rotatable bonds is 4. The molecule has 0 aliphatic heterocycles. The number of aryl methyl sites for hydroxylation is 1. The molecular formula is C10H10Cl2O2. The van der Waals surface area contributed by atoms with Crippen molar-refractivity contribution in [3.05, 3.63) is 33.8 Å². The number of hydrogen-bond donors (Lipinski definition) is 1. The minimum Gasteiger partial charge on any atom is -0.481 e. The largest absolute Gasteiger partial charge is 0.481 e. The molecule has 76 valence electrons. The van der Waals surface area contributed by atoms with Crippen molar-refractivity contribution in [2.24, 2.45) is 0 Å². The lowest BCUT2D eigenvalue weighted by Crippen LogP contribution is -1.96. The summed E-state index contributed by atoms with van der Waals surface area (Å²) in [5.74, 6) is -0.789. The van der Waals surface area contributed by atoms with Crippen molar-refractivity contribution >= 4 is 29.2 Å². The highest BCUT2D eigenvalue weighted by atomic mass is 35.5. The molecule has 0 saturated heterocycles. The molecule has 2 nitrogen and oxygen atoms in total. The van der Waals surface area contributed by atoms with Gasteiger partial charge in [-0.05, 0) is 36.6 Å². The molecule has 0 aliphatic rings. The second-order valence-electron chi connectivity index (χ2n) is 2.98. The molecule has 0 fully saturated rings. The molecular weight excluding hydrogens is 223 g/mol. The van der Waals surface area contributed by atoms with Crippen molar-refractivity contribution < 1.29 is 9.90 Å². The lowest BCUT2D eigenvalue weighted by atomic mass is 10.1. The molecule has 0 aromatic heterocycles. The Kier molecular flexibility index (Phi) is 4.23. The van der Waals surface area contributed by atoms with Gasteiger partial charge in [-0.3, -0.25) is 4.79 Å². The van der Waals surface area contributed by atoms with Crippen LogP contribution in [0.2, 0.25) is 10.0 Å². The van der Waals surface area contributed by atoms with Gasteiger partial charge in [-0.1, -0.05) is 23.2 Å². The Hall–Kier alpha value is -0.730. The van der Waals surface area contributed by atoms with Gasteiger partial charge in [-0.15, -0.1) is 0 Å². The van der Waals surface area contributed by atoms with Crippen LogP contribution in [0.4, 0.5) is 0 Å². The van der Waals surface area contributed by atoms with E-state index >= 15 is 0 Å². The van der Waals surface area contributed by atoms with E-state index < -0.39 is 5.97 Å². The maximum absolute atomic E-state index is 10.3.